The zero-order valence-corrected chi connectivity index (χ0v) is 13.0. The number of nitrogens with one attached hydrogen (secondary N) is 1. The van der Waals surface area contributed by atoms with Crippen LogP contribution in [0.2, 0.25) is 0 Å². The molecule has 118 valence electrons. The lowest BCUT2D eigenvalue weighted by Gasteiger charge is -2.31. The zero-order valence-electron chi connectivity index (χ0n) is 13.0. The van der Waals surface area contributed by atoms with E-state index in [9.17, 15) is 10.1 Å². The van der Waals surface area contributed by atoms with Crippen molar-refractivity contribution in [3.63, 3.8) is 0 Å². The fourth-order valence-electron chi connectivity index (χ4n) is 2.89. The lowest BCUT2D eigenvalue weighted by atomic mass is 9.82. The van der Waals surface area contributed by atoms with E-state index in [0.717, 1.165) is 24.8 Å². The van der Waals surface area contributed by atoms with Crippen LogP contribution in [0.4, 0.5) is 0 Å². The Morgan fingerprint density at radius 3 is 2.52 bits per heavy atom. The maximum atomic E-state index is 12.4. The fourth-order valence-corrected chi connectivity index (χ4v) is 2.89. The van der Waals surface area contributed by atoms with E-state index in [1.807, 2.05) is 0 Å². The smallest absolute Gasteiger partial charge is 0.257 e. The third-order valence-corrected chi connectivity index (χ3v) is 4.20. The predicted molar refractivity (Wildman–Crippen MR) is 83.4 cm³/mol. The lowest BCUT2D eigenvalue weighted by molar-refractivity contribution is 0.0902. The molecule has 6 nitrogen and oxygen atoms in total. The average molecular weight is 310 g/mol. The zero-order chi connectivity index (χ0) is 16.3. The number of rotatable bonds is 3. The maximum absolute atomic E-state index is 12.4. The van der Waals surface area contributed by atoms with Gasteiger partial charge in [-0.1, -0.05) is 24.4 Å². The first-order chi connectivity index (χ1) is 11.1. The van der Waals surface area contributed by atoms with Gasteiger partial charge in [0.2, 0.25) is 0 Å². The Labute approximate surface area is 134 Å². The number of nitriles is 1. The lowest BCUT2D eigenvalue weighted by Crippen LogP contribution is -2.48. The molecule has 1 aromatic carbocycles. The summed E-state index contributed by atoms with van der Waals surface area (Å²) in [6.45, 7) is 1.75. The molecule has 3 rings (SSSR count). The molecular formula is C17H18N4O2. The molecule has 1 aliphatic carbocycles. The number of benzene rings is 1. The molecule has 0 unspecified atom stereocenters. The van der Waals surface area contributed by atoms with Gasteiger partial charge in [0.1, 0.15) is 5.54 Å². The molecule has 1 fully saturated rings. The first-order valence-corrected chi connectivity index (χ1v) is 7.76. The van der Waals surface area contributed by atoms with Gasteiger partial charge in [-0.3, -0.25) is 4.79 Å². The van der Waals surface area contributed by atoms with Gasteiger partial charge in [0.05, 0.1) is 6.07 Å². The van der Waals surface area contributed by atoms with Crippen LogP contribution in [0.5, 0.6) is 0 Å². The first kappa shape index (κ1) is 15.2. The first-order valence-electron chi connectivity index (χ1n) is 7.76. The summed E-state index contributed by atoms with van der Waals surface area (Å²) in [5.41, 5.74) is 0.553. The Morgan fingerprint density at radius 2 is 1.96 bits per heavy atom. The van der Waals surface area contributed by atoms with Gasteiger partial charge in [-0.15, -0.1) is 0 Å². The van der Waals surface area contributed by atoms with E-state index >= 15 is 0 Å². The second-order valence-electron chi connectivity index (χ2n) is 5.93. The van der Waals surface area contributed by atoms with E-state index in [1.165, 1.54) is 0 Å². The van der Waals surface area contributed by atoms with E-state index in [0.29, 0.717) is 30.1 Å². The maximum Gasteiger partial charge on any atom is 0.257 e. The molecule has 0 bridgehead atoms. The number of aromatic nitrogens is 2. The summed E-state index contributed by atoms with van der Waals surface area (Å²) in [7, 11) is 0. The highest BCUT2D eigenvalue weighted by molar-refractivity contribution is 5.95. The number of carbonyl (C=O) groups excluding carboxylic acids is 1. The predicted octanol–water partition coefficient (Wildman–Crippen LogP) is 3.00. The SMILES string of the molecule is Cc1noc(-c2ccc(C(=O)NC3(C#N)CCCCC3)cc2)n1. The number of carbonyl (C=O) groups is 1. The highest BCUT2D eigenvalue weighted by Gasteiger charge is 2.33. The van der Waals surface area contributed by atoms with Crippen LogP contribution in [0.3, 0.4) is 0 Å². The van der Waals surface area contributed by atoms with Gasteiger partial charge in [0, 0.05) is 11.1 Å². The van der Waals surface area contributed by atoms with Crippen LogP contribution in [-0.2, 0) is 0 Å². The highest BCUT2D eigenvalue weighted by atomic mass is 16.5. The monoisotopic (exact) mass is 310 g/mol. The van der Waals surface area contributed by atoms with Crippen molar-refractivity contribution in [1.82, 2.24) is 15.5 Å². The van der Waals surface area contributed by atoms with E-state index in [4.69, 9.17) is 4.52 Å². The molecule has 0 spiro atoms. The summed E-state index contributed by atoms with van der Waals surface area (Å²) >= 11 is 0. The summed E-state index contributed by atoms with van der Waals surface area (Å²) in [5.74, 6) is 0.770. The molecule has 0 aliphatic heterocycles. The molecule has 0 atom stereocenters. The van der Waals surface area contributed by atoms with Crippen LogP contribution in [-0.4, -0.2) is 21.6 Å². The standard InChI is InChI=1S/C17H18N4O2/c1-12-19-16(23-21-12)14-7-5-13(6-8-14)15(22)20-17(11-18)9-3-2-4-10-17/h5-8H,2-4,9-10H2,1H3,(H,20,22). The molecule has 1 amide bonds. The topological polar surface area (TPSA) is 91.8 Å². The Kier molecular flexibility index (Phi) is 4.11. The normalized spacial score (nSPS) is 16.5. The van der Waals surface area contributed by atoms with E-state index in [1.54, 1.807) is 31.2 Å². The van der Waals surface area contributed by atoms with Gasteiger partial charge >= 0.3 is 0 Å². The Morgan fingerprint density at radius 1 is 1.26 bits per heavy atom. The van der Waals surface area contributed by atoms with Crippen molar-refractivity contribution in [2.45, 2.75) is 44.6 Å². The van der Waals surface area contributed by atoms with E-state index in [2.05, 4.69) is 21.5 Å². The molecule has 0 saturated heterocycles. The minimum absolute atomic E-state index is 0.221. The van der Waals surface area contributed by atoms with Gasteiger partial charge in [0.25, 0.3) is 11.8 Å². The van der Waals surface area contributed by atoms with E-state index < -0.39 is 5.54 Å². The number of aryl methyl sites for hydroxylation is 1. The van der Waals surface area contributed by atoms with Crippen molar-refractivity contribution in [3.8, 4) is 17.5 Å². The molecule has 1 heterocycles. The van der Waals surface area contributed by atoms with Gasteiger partial charge in [0.15, 0.2) is 5.82 Å². The number of amides is 1. The van der Waals surface area contributed by atoms with Crippen molar-refractivity contribution < 1.29 is 9.32 Å². The van der Waals surface area contributed by atoms with Gasteiger partial charge in [-0.25, -0.2) is 0 Å². The second-order valence-corrected chi connectivity index (χ2v) is 5.93. The van der Waals surface area contributed by atoms with Crippen LogP contribution in [0.15, 0.2) is 28.8 Å². The van der Waals surface area contributed by atoms with Crippen molar-refractivity contribution in [2.24, 2.45) is 0 Å². The summed E-state index contributed by atoms with van der Waals surface area (Å²) in [6.07, 6.45) is 4.51. The van der Waals surface area contributed by atoms with Gasteiger partial charge < -0.3 is 9.84 Å². The van der Waals surface area contributed by atoms with Gasteiger partial charge in [-0.05, 0) is 44.0 Å². The van der Waals surface area contributed by atoms with Crippen LogP contribution in [0, 0.1) is 18.3 Å². The second kappa shape index (κ2) is 6.21. The number of hydrogen-bond acceptors (Lipinski definition) is 5. The summed E-state index contributed by atoms with van der Waals surface area (Å²) in [5, 5.41) is 16.1. The third kappa shape index (κ3) is 3.24. The number of hydrogen-bond donors (Lipinski definition) is 1. The minimum atomic E-state index is -0.725. The van der Waals surface area contributed by atoms with Crippen LogP contribution in [0.1, 0.15) is 48.3 Å². The molecule has 2 aromatic rings. The quantitative estimate of drug-likeness (QED) is 0.940. The van der Waals surface area contributed by atoms with Crippen molar-refractivity contribution in [2.75, 3.05) is 0 Å². The van der Waals surface area contributed by atoms with Crippen LogP contribution < -0.4 is 5.32 Å². The molecule has 0 radical (unpaired) electrons. The third-order valence-electron chi connectivity index (χ3n) is 4.20. The Bertz CT molecular complexity index is 737. The molecule has 6 heteroatoms. The largest absolute Gasteiger partial charge is 0.334 e. The molecule has 1 N–H and O–H groups in total. The van der Waals surface area contributed by atoms with Crippen molar-refractivity contribution >= 4 is 5.91 Å². The molecule has 23 heavy (non-hydrogen) atoms. The molecule has 1 saturated carbocycles. The summed E-state index contributed by atoms with van der Waals surface area (Å²) in [4.78, 5) is 16.6. The van der Waals surface area contributed by atoms with Gasteiger partial charge in [-0.2, -0.15) is 10.2 Å². The molecular weight excluding hydrogens is 292 g/mol. The Hall–Kier alpha value is -2.68. The van der Waals surface area contributed by atoms with E-state index in [-0.39, 0.29) is 5.91 Å². The summed E-state index contributed by atoms with van der Waals surface area (Å²) < 4.78 is 5.10. The van der Waals surface area contributed by atoms with Crippen LogP contribution >= 0.6 is 0 Å². The van der Waals surface area contributed by atoms with Crippen LogP contribution in [0.25, 0.3) is 11.5 Å². The van der Waals surface area contributed by atoms with Crippen molar-refractivity contribution in [3.05, 3.63) is 35.7 Å². The van der Waals surface area contributed by atoms with Crippen molar-refractivity contribution in [1.29, 1.82) is 5.26 Å². The number of nitrogens with zero attached hydrogens (tertiary/aromatic N) is 3. The average Bonchev–Trinajstić information content (AvgIpc) is 3.02. The Balaban J connectivity index is 1.74. The molecule has 1 aromatic heterocycles. The summed E-state index contributed by atoms with van der Waals surface area (Å²) in [6, 6.07) is 9.24. The fraction of sp³-hybridized carbons (Fsp3) is 0.412. The minimum Gasteiger partial charge on any atom is -0.334 e. The molecule has 1 aliphatic rings. The highest BCUT2D eigenvalue weighted by Crippen LogP contribution is 2.28.